The van der Waals surface area contributed by atoms with Crippen LogP contribution in [0.15, 0.2) is 15.0 Å². The van der Waals surface area contributed by atoms with Crippen LogP contribution in [0.4, 0.5) is 0 Å². The first-order valence-electron chi connectivity index (χ1n) is 8.59. The lowest BCUT2D eigenvalue weighted by Crippen LogP contribution is -3.23. The molecule has 2 atom stereocenters. The van der Waals surface area contributed by atoms with Crippen molar-refractivity contribution < 1.29 is 19.5 Å². The Balaban J connectivity index is 1.88. The Bertz CT molecular complexity index is 691. The van der Waals surface area contributed by atoms with Crippen molar-refractivity contribution >= 4 is 37.8 Å². The quantitative estimate of drug-likeness (QED) is 0.601. The maximum Gasteiger partial charge on any atom is 0.328 e. The number of quaternary nitrogens is 1. The number of carbonyl (C=O) groups is 1. The molecule has 1 amide bonds. The molecule has 0 unspecified atom stereocenters. The van der Waals surface area contributed by atoms with E-state index in [9.17, 15) is 9.90 Å². The summed E-state index contributed by atoms with van der Waals surface area (Å²) in [5.41, 5.74) is 0.0282. The Kier molecular flexibility index (Phi) is 4.29. The molecule has 3 heterocycles. The molecule has 24 heavy (non-hydrogen) atoms. The van der Waals surface area contributed by atoms with Crippen molar-refractivity contribution in [3.63, 3.8) is 0 Å². The highest BCUT2D eigenvalue weighted by Gasteiger charge is 2.63. The summed E-state index contributed by atoms with van der Waals surface area (Å²) >= 11 is 6.91. The zero-order valence-corrected chi connectivity index (χ0v) is 16.5. The molecule has 3 aliphatic rings. The fourth-order valence-corrected chi connectivity index (χ4v) is 5.84. The van der Waals surface area contributed by atoms with Crippen molar-refractivity contribution in [1.29, 1.82) is 0 Å². The monoisotopic (exact) mass is 459 g/mol. The fraction of sp³-hybridized carbons (Fsp3) is 0.588. The van der Waals surface area contributed by atoms with Gasteiger partial charge in [-0.15, -0.1) is 0 Å². The molecule has 2 fully saturated rings. The van der Waals surface area contributed by atoms with Crippen LogP contribution in [-0.2, 0) is 4.79 Å². The van der Waals surface area contributed by atoms with Gasteiger partial charge in [0.2, 0.25) is 0 Å². The van der Waals surface area contributed by atoms with Crippen molar-refractivity contribution in [3.8, 4) is 11.5 Å². The van der Waals surface area contributed by atoms with Gasteiger partial charge in [0.1, 0.15) is 11.5 Å². The molecule has 5 nitrogen and oxygen atoms in total. The molecule has 1 aromatic carbocycles. The molecule has 130 valence electrons. The van der Waals surface area contributed by atoms with Crippen molar-refractivity contribution in [3.05, 3.63) is 20.6 Å². The average Bonchev–Trinajstić information content (AvgIpc) is 2.83. The molecule has 7 heteroatoms. The van der Waals surface area contributed by atoms with Gasteiger partial charge in [0.05, 0.1) is 28.0 Å². The van der Waals surface area contributed by atoms with E-state index in [1.807, 2.05) is 0 Å². The number of phenolic OH excluding ortho intramolecular Hbond substituents is 1. The Morgan fingerprint density at radius 3 is 2.75 bits per heavy atom. The van der Waals surface area contributed by atoms with Crippen LogP contribution in [0.25, 0.3) is 0 Å². The Morgan fingerprint density at radius 2 is 2.00 bits per heavy atom. The van der Waals surface area contributed by atoms with Crippen LogP contribution in [0.1, 0.15) is 43.6 Å². The molecule has 0 radical (unpaired) electrons. The van der Waals surface area contributed by atoms with Crippen molar-refractivity contribution in [2.45, 2.75) is 43.7 Å². The second-order valence-electron chi connectivity index (χ2n) is 6.89. The molecule has 0 aliphatic carbocycles. The highest BCUT2D eigenvalue weighted by atomic mass is 79.9. The Morgan fingerprint density at radius 1 is 1.25 bits per heavy atom. The van der Waals surface area contributed by atoms with Crippen molar-refractivity contribution in [2.24, 2.45) is 0 Å². The third kappa shape index (κ3) is 2.31. The predicted octanol–water partition coefficient (Wildman–Crippen LogP) is 2.07. The fourth-order valence-electron chi connectivity index (χ4n) is 4.48. The number of ether oxygens (including phenoxy) is 1. The maximum atomic E-state index is 13.1. The van der Waals surface area contributed by atoms with Gasteiger partial charge < -0.3 is 15.2 Å². The molecule has 0 saturated carbocycles. The lowest BCUT2D eigenvalue weighted by atomic mass is 9.84. The van der Waals surface area contributed by atoms with E-state index < -0.39 is 5.72 Å². The molecule has 0 spiro atoms. The number of piperidine rings is 1. The second kappa shape index (κ2) is 6.18. The Labute approximate surface area is 158 Å². The van der Waals surface area contributed by atoms with Gasteiger partial charge in [0, 0.05) is 12.1 Å². The van der Waals surface area contributed by atoms with Crippen molar-refractivity contribution in [1.82, 2.24) is 5.32 Å². The van der Waals surface area contributed by atoms with Gasteiger partial charge in [-0.25, -0.2) is 0 Å². The number of amides is 1. The lowest BCUT2D eigenvalue weighted by molar-refractivity contribution is -0.967. The third-order valence-corrected chi connectivity index (χ3v) is 6.99. The van der Waals surface area contributed by atoms with Gasteiger partial charge in [-0.2, -0.15) is 0 Å². The minimum atomic E-state index is -0.908. The standard InChI is InChI=1S/C17H20Br2N2O3/c18-11-9-12-13(14(19)15(11)22)10-5-4-6-20-16(23)17(10,24-12)21-7-2-1-3-8-21/h9-10,22H,1-8H2,(H,20,23)/p+1/t10-,17-/m1/s1. The molecule has 4 rings (SSSR count). The number of aromatic hydroxyl groups is 1. The number of halogens is 2. The van der Waals surface area contributed by atoms with Crippen LogP contribution < -0.4 is 15.0 Å². The first kappa shape index (κ1) is 16.7. The number of phenols is 1. The summed E-state index contributed by atoms with van der Waals surface area (Å²) in [6, 6.07) is 1.79. The number of carbonyl (C=O) groups excluding carboxylic acids is 1. The van der Waals surface area contributed by atoms with E-state index in [0.29, 0.717) is 21.2 Å². The van der Waals surface area contributed by atoms with Gasteiger partial charge in [0.25, 0.3) is 0 Å². The number of benzene rings is 1. The van der Waals surface area contributed by atoms with E-state index in [4.69, 9.17) is 4.74 Å². The number of fused-ring (bicyclic) bond motifs is 3. The SMILES string of the molecule is O=C1NCCC[C@@H]2c3c(cc(Br)c(O)c3Br)O[C@@]12[NH+]1CCCCC1. The number of likely N-dealkylation sites (tertiary alicyclic amines) is 1. The highest BCUT2D eigenvalue weighted by Crippen LogP contribution is 2.53. The molecular weight excluding hydrogens is 440 g/mol. The normalized spacial score (nSPS) is 30.1. The molecule has 0 aromatic heterocycles. The highest BCUT2D eigenvalue weighted by molar-refractivity contribution is 9.11. The molecule has 3 N–H and O–H groups in total. The summed E-state index contributed by atoms with van der Waals surface area (Å²) in [7, 11) is 0. The summed E-state index contributed by atoms with van der Waals surface area (Å²) < 4.78 is 7.65. The van der Waals surface area contributed by atoms with E-state index in [1.54, 1.807) is 6.07 Å². The van der Waals surface area contributed by atoms with E-state index in [0.717, 1.165) is 44.3 Å². The number of hydrogen-bond acceptors (Lipinski definition) is 3. The van der Waals surface area contributed by atoms with Crippen LogP contribution in [-0.4, -0.2) is 36.4 Å². The van der Waals surface area contributed by atoms with Gasteiger partial charge >= 0.3 is 11.6 Å². The molecule has 1 aromatic rings. The average molecular weight is 461 g/mol. The molecule has 3 aliphatic heterocycles. The first-order chi connectivity index (χ1) is 11.6. The number of hydrogen-bond donors (Lipinski definition) is 3. The number of nitrogens with one attached hydrogen (secondary N) is 2. The molecule has 0 bridgehead atoms. The van der Waals surface area contributed by atoms with E-state index in [2.05, 4.69) is 37.2 Å². The van der Waals surface area contributed by atoms with Gasteiger partial charge in [0.15, 0.2) is 0 Å². The van der Waals surface area contributed by atoms with E-state index >= 15 is 0 Å². The van der Waals surface area contributed by atoms with Crippen LogP contribution in [0.2, 0.25) is 0 Å². The van der Waals surface area contributed by atoms with Crippen molar-refractivity contribution in [2.75, 3.05) is 19.6 Å². The second-order valence-corrected chi connectivity index (χ2v) is 8.53. The zero-order valence-electron chi connectivity index (χ0n) is 13.3. The molecule has 2 saturated heterocycles. The van der Waals surface area contributed by atoms with Gasteiger partial charge in [-0.1, -0.05) is 0 Å². The van der Waals surface area contributed by atoms with Crippen LogP contribution in [0, 0.1) is 0 Å². The summed E-state index contributed by atoms with van der Waals surface area (Å²) in [5.74, 6) is 0.815. The van der Waals surface area contributed by atoms with Crippen LogP contribution in [0.5, 0.6) is 11.5 Å². The summed E-state index contributed by atoms with van der Waals surface area (Å²) in [4.78, 5) is 14.3. The van der Waals surface area contributed by atoms with E-state index in [1.165, 1.54) is 11.3 Å². The number of rotatable bonds is 1. The zero-order chi connectivity index (χ0) is 16.9. The van der Waals surface area contributed by atoms with Crippen LogP contribution in [0.3, 0.4) is 0 Å². The lowest BCUT2D eigenvalue weighted by Gasteiger charge is -2.39. The smallest absolute Gasteiger partial charge is 0.328 e. The van der Waals surface area contributed by atoms with Crippen LogP contribution >= 0.6 is 31.9 Å². The summed E-state index contributed by atoms with van der Waals surface area (Å²) in [6.45, 7) is 2.58. The summed E-state index contributed by atoms with van der Waals surface area (Å²) in [5, 5.41) is 13.4. The van der Waals surface area contributed by atoms with E-state index in [-0.39, 0.29) is 17.6 Å². The largest absolute Gasteiger partial charge is 0.506 e. The predicted molar refractivity (Wildman–Crippen MR) is 96.4 cm³/mol. The maximum absolute atomic E-state index is 13.1. The molecular formula is C17H21Br2N2O3+. The van der Waals surface area contributed by atoms with Gasteiger partial charge in [-0.3, -0.25) is 9.69 Å². The van der Waals surface area contributed by atoms with Gasteiger partial charge in [-0.05, 0) is 70.0 Å². The third-order valence-electron chi connectivity index (χ3n) is 5.58. The Hall–Kier alpha value is -0.790. The first-order valence-corrected chi connectivity index (χ1v) is 10.2. The summed E-state index contributed by atoms with van der Waals surface area (Å²) in [6.07, 6.45) is 5.24. The minimum absolute atomic E-state index is 0.0133. The topological polar surface area (TPSA) is 63.0 Å². The minimum Gasteiger partial charge on any atom is -0.506 e.